The third-order valence-corrected chi connectivity index (χ3v) is 3.28. The molecule has 1 amide bonds. The zero-order chi connectivity index (χ0) is 13.7. The van der Waals surface area contributed by atoms with Crippen LogP contribution in [-0.4, -0.2) is 39.2 Å². The minimum absolute atomic E-state index is 0.0299. The average molecular weight is 282 g/mol. The van der Waals surface area contributed by atoms with Gasteiger partial charge in [-0.2, -0.15) is 4.98 Å². The van der Waals surface area contributed by atoms with Crippen molar-refractivity contribution in [1.82, 2.24) is 15.0 Å². The van der Waals surface area contributed by atoms with Crippen molar-refractivity contribution in [2.45, 2.75) is 13.1 Å². The molecular weight excluding hydrogens is 268 g/mol. The van der Waals surface area contributed by atoms with Gasteiger partial charge < -0.3 is 15.4 Å². The largest absolute Gasteiger partial charge is 0.395 e. The van der Waals surface area contributed by atoms with Crippen LogP contribution in [0, 0.1) is 0 Å². The first kappa shape index (κ1) is 13.7. The molecule has 102 valence electrons. The first-order chi connectivity index (χ1) is 9.19. The normalized spacial score (nSPS) is 11.1. The van der Waals surface area contributed by atoms with Crippen LogP contribution in [0.5, 0.6) is 0 Å². The molecule has 7 nitrogen and oxygen atoms in total. The molecule has 0 aliphatic rings. The Morgan fingerprint density at radius 1 is 1.53 bits per heavy atom. The molecule has 2 heterocycles. The van der Waals surface area contributed by atoms with Gasteiger partial charge in [0.25, 0.3) is 11.7 Å². The summed E-state index contributed by atoms with van der Waals surface area (Å²) in [6, 6.07) is 3.98. The topological polar surface area (TPSA) is 105 Å². The summed E-state index contributed by atoms with van der Waals surface area (Å²) >= 11 is 1.63. The van der Waals surface area contributed by atoms with Crippen LogP contribution in [0.25, 0.3) is 0 Å². The number of rotatable bonds is 7. The number of carbonyl (C=O) groups excluding carboxylic acids is 1. The van der Waals surface area contributed by atoms with Gasteiger partial charge in [0.05, 0.1) is 13.2 Å². The zero-order valence-electron chi connectivity index (χ0n) is 10.2. The third kappa shape index (κ3) is 3.85. The summed E-state index contributed by atoms with van der Waals surface area (Å²) in [4.78, 5) is 17.9. The van der Waals surface area contributed by atoms with E-state index in [2.05, 4.69) is 10.1 Å². The molecule has 0 aliphatic heterocycles. The Balaban J connectivity index is 2.00. The molecule has 0 spiro atoms. The summed E-state index contributed by atoms with van der Waals surface area (Å²) in [6.07, 6.45) is 0. The molecule has 0 radical (unpaired) electrons. The highest BCUT2D eigenvalue weighted by atomic mass is 32.1. The Hall–Kier alpha value is -1.77. The second kappa shape index (κ2) is 6.41. The summed E-state index contributed by atoms with van der Waals surface area (Å²) in [5, 5.41) is 14.5. The number of aromatic nitrogens is 2. The van der Waals surface area contributed by atoms with Gasteiger partial charge in [-0.25, -0.2) is 0 Å². The Bertz CT molecular complexity index is 526. The third-order valence-electron chi connectivity index (χ3n) is 2.42. The number of aliphatic hydroxyl groups is 1. The van der Waals surface area contributed by atoms with Crippen LogP contribution >= 0.6 is 11.3 Å². The Kier molecular flexibility index (Phi) is 4.61. The molecule has 2 aromatic rings. The maximum Gasteiger partial charge on any atom is 0.290 e. The lowest BCUT2D eigenvalue weighted by Crippen LogP contribution is -2.26. The number of thiophene rings is 1. The van der Waals surface area contributed by atoms with E-state index in [-0.39, 0.29) is 12.4 Å². The average Bonchev–Trinajstić information content (AvgIpc) is 3.00. The van der Waals surface area contributed by atoms with Gasteiger partial charge in [0.1, 0.15) is 0 Å². The fourth-order valence-corrected chi connectivity index (χ4v) is 2.33. The molecule has 0 bridgehead atoms. The number of aliphatic hydroxyl groups excluding tert-OH is 1. The summed E-state index contributed by atoms with van der Waals surface area (Å²) in [6.45, 7) is 1.54. The lowest BCUT2D eigenvalue weighted by atomic mass is 10.4. The summed E-state index contributed by atoms with van der Waals surface area (Å²) in [7, 11) is 0. The Labute approximate surface area is 113 Å². The first-order valence-electron chi connectivity index (χ1n) is 5.67. The number of primary amides is 1. The summed E-state index contributed by atoms with van der Waals surface area (Å²) in [5.74, 6) is -0.546. The number of hydrogen-bond donors (Lipinski definition) is 2. The predicted molar refractivity (Wildman–Crippen MR) is 68.3 cm³/mol. The van der Waals surface area contributed by atoms with Gasteiger partial charge >= 0.3 is 0 Å². The molecule has 0 saturated carbocycles. The van der Waals surface area contributed by atoms with E-state index in [1.54, 1.807) is 11.3 Å². The molecule has 0 aliphatic carbocycles. The fraction of sp³-hybridized carbons (Fsp3) is 0.364. The molecule has 0 atom stereocenters. The molecule has 2 rings (SSSR count). The molecule has 0 aromatic carbocycles. The second-order valence-electron chi connectivity index (χ2n) is 3.89. The molecule has 8 heteroatoms. The van der Waals surface area contributed by atoms with Gasteiger partial charge in [-0.3, -0.25) is 9.69 Å². The van der Waals surface area contributed by atoms with Gasteiger partial charge in [0.15, 0.2) is 0 Å². The van der Waals surface area contributed by atoms with Crippen molar-refractivity contribution in [3.63, 3.8) is 0 Å². The number of amides is 1. The molecule has 0 unspecified atom stereocenters. The molecule has 3 N–H and O–H groups in total. The number of nitrogens with two attached hydrogens (primary N) is 1. The van der Waals surface area contributed by atoms with E-state index >= 15 is 0 Å². The minimum Gasteiger partial charge on any atom is -0.395 e. The maximum absolute atomic E-state index is 10.9. The minimum atomic E-state index is -0.720. The maximum atomic E-state index is 10.9. The Morgan fingerprint density at radius 2 is 2.37 bits per heavy atom. The lowest BCUT2D eigenvalue weighted by Gasteiger charge is -2.17. The van der Waals surface area contributed by atoms with Gasteiger partial charge in [-0.15, -0.1) is 11.3 Å². The predicted octanol–water partition coefficient (Wildman–Crippen LogP) is 0.224. The van der Waals surface area contributed by atoms with Crippen molar-refractivity contribution >= 4 is 17.2 Å². The van der Waals surface area contributed by atoms with Crippen LogP contribution in [0.2, 0.25) is 0 Å². The van der Waals surface area contributed by atoms with E-state index in [0.29, 0.717) is 25.5 Å². The van der Waals surface area contributed by atoms with E-state index in [9.17, 15) is 4.79 Å². The van der Waals surface area contributed by atoms with Crippen LogP contribution in [-0.2, 0) is 13.1 Å². The van der Waals surface area contributed by atoms with Gasteiger partial charge in [-0.05, 0) is 11.4 Å². The standard InChI is InChI=1S/C11H14N4O3S/c12-10(17)11-13-9(18-14-11)7-15(3-4-16)6-8-2-1-5-19-8/h1-2,5,16H,3-4,6-7H2,(H2,12,17). The summed E-state index contributed by atoms with van der Waals surface area (Å²) < 4.78 is 4.94. The van der Waals surface area contributed by atoms with E-state index in [1.165, 1.54) is 4.88 Å². The monoisotopic (exact) mass is 282 g/mol. The van der Waals surface area contributed by atoms with Crippen LogP contribution < -0.4 is 5.73 Å². The van der Waals surface area contributed by atoms with Gasteiger partial charge in [0.2, 0.25) is 5.89 Å². The number of nitrogens with zero attached hydrogens (tertiary/aromatic N) is 3. The van der Waals surface area contributed by atoms with E-state index in [4.69, 9.17) is 15.4 Å². The van der Waals surface area contributed by atoms with Crippen molar-refractivity contribution in [1.29, 1.82) is 0 Å². The smallest absolute Gasteiger partial charge is 0.290 e. The highest BCUT2D eigenvalue weighted by molar-refractivity contribution is 7.09. The van der Waals surface area contributed by atoms with E-state index < -0.39 is 5.91 Å². The van der Waals surface area contributed by atoms with Crippen LogP contribution in [0.3, 0.4) is 0 Å². The molecular formula is C11H14N4O3S. The van der Waals surface area contributed by atoms with E-state index in [0.717, 1.165) is 0 Å². The number of hydrogen-bond acceptors (Lipinski definition) is 7. The molecule has 19 heavy (non-hydrogen) atoms. The van der Waals surface area contributed by atoms with Crippen LogP contribution in [0.4, 0.5) is 0 Å². The van der Waals surface area contributed by atoms with Crippen LogP contribution in [0.15, 0.2) is 22.0 Å². The van der Waals surface area contributed by atoms with Crippen molar-refractivity contribution in [2.75, 3.05) is 13.2 Å². The molecule has 0 fully saturated rings. The number of carbonyl (C=O) groups is 1. The lowest BCUT2D eigenvalue weighted by molar-refractivity contribution is 0.0987. The Morgan fingerprint density at radius 3 is 2.95 bits per heavy atom. The highest BCUT2D eigenvalue weighted by Gasteiger charge is 2.15. The highest BCUT2D eigenvalue weighted by Crippen LogP contribution is 2.13. The molecule has 0 saturated heterocycles. The quantitative estimate of drug-likeness (QED) is 0.752. The zero-order valence-corrected chi connectivity index (χ0v) is 11.0. The SMILES string of the molecule is NC(=O)c1noc(CN(CCO)Cc2cccs2)n1. The second-order valence-corrected chi connectivity index (χ2v) is 4.92. The van der Waals surface area contributed by atoms with Gasteiger partial charge in [-0.1, -0.05) is 11.2 Å². The van der Waals surface area contributed by atoms with Crippen LogP contribution in [0.1, 0.15) is 21.4 Å². The van der Waals surface area contributed by atoms with Crippen molar-refractivity contribution in [3.05, 3.63) is 34.1 Å². The van der Waals surface area contributed by atoms with Crippen molar-refractivity contribution in [3.8, 4) is 0 Å². The fourth-order valence-electron chi connectivity index (χ4n) is 1.59. The van der Waals surface area contributed by atoms with Crippen molar-refractivity contribution in [2.24, 2.45) is 5.73 Å². The van der Waals surface area contributed by atoms with E-state index in [1.807, 2.05) is 22.4 Å². The first-order valence-corrected chi connectivity index (χ1v) is 6.55. The van der Waals surface area contributed by atoms with Crippen molar-refractivity contribution < 1.29 is 14.4 Å². The molecule has 2 aromatic heterocycles. The van der Waals surface area contributed by atoms with Gasteiger partial charge in [0, 0.05) is 18.0 Å². The summed E-state index contributed by atoms with van der Waals surface area (Å²) in [5.41, 5.74) is 5.05.